The van der Waals surface area contributed by atoms with Gasteiger partial charge in [0.05, 0.1) is 12.7 Å². The average Bonchev–Trinajstić information content (AvgIpc) is 2.99. The summed E-state index contributed by atoms with van der Waals surface area (Å²) in [6.45, 7) is 7.49. The molecule has 1 atom stereocenters. The first kappa shape index (κ1) is 30.6. The number of piperidine rings is 3. The standard InChI is InChI=1S/C30H51N7O3/c1-3-40-29(39)33-28(37-18-12-25(13-19-37)36-16-8-5-9-17-36)32-26(22-24-10-6-4-7-11-24)27(38)34-30(23-31)14-20-35(2)21-15-30/h24-26H,3-22H2,1-2H3,(H,34,38)(H,32,33,39). The molecule has 0 aromatic carbocycles. The molecule has 1 unspecified atom stereocenters. The lowest BCUT2D eigenvalue weighted by Gasteiger charge is -2.41. The smallest absolute Gasteiger partial charge is 0.413 e. The molecule has 0 spiro atoms. The number of nitriles is 1. The van der Waals surface area contributed by atoms with E-state index in [4.69, 9.17) is 9.73 Å². The van der Waals surface area contributed by atoms with Crippen LogP contribution in [0.2, 0.25) is 0 Å². The number of hydrogen-bond acceptors (Lipinski definition) is 7. The second-order valence-electron chi connectivity index (χ2n) is 12.4. The number of nitrogens with zero attached hydrogens (tertiary/aromatic N) is 5. The van der Waals surface area contributed by atoms with Crippen LogP contribution in [-0.2, 0) is 9.53 Å². The van der Waals surface area contributed by atoms with Crippen molar-refractivity contribution in [2.45, 2.75) is 108 Å². The monoisotopic (exact) mass is 557 g/mol. The Balaban J connectivity index is 1.53. The van der Waals surface area contributed by atoms with Crippen LogP contribution in [0.4, 0.5) is 4.79 Å². The van der Waals surface area contributed by atoms with Crippen LogP contribution in [0.5, 0.6) is 0 Å². The SMILES string of the molecule is CCOC(=O)NC(=NC(CC1CCCCC1)C(=O)NC1(C#N)CCN(C)CC1)N1CCC(N2CCCCC2)CC1. The van der Waals surface area contributed by atoms with Crippen LogP contribution in [0.15, 0.2) is 4.99 Å². The quantitative estimate of drug-likeness (QED) is 0.364. The molecule has 0 aromatic rings. The largest absolute Gasteiger partial charge is 0.450 e. The minimum atomic E-state index is -0.870. The molecule has 1 aliphatic carbocycles. The number of hydrogen-bond donors (Lipinski definition) is 2. The highest BCUT2D eigenvalue weighted by molar-refractivity contribution is 5.96. The van der Waals surface area contributed by atoms with E-state index in [1.807, 2.05) is 7.05 Å². The van der Waals surface area contributed by atoms with Crippen molar-refractivity contribution in [3.8, 4) is 6.07 Å². The van der Waals surface area contributed by atoms with Gasteiger partial charge in [0.1, 0.15) is 11.6 Å². The van der Waals surface area contributed by atoms with Crippen LogP contribution < -0.4 is 10.6 Å². The van der Waals surface area contributed by atoms with E-state index in [0.29, 0.717) is 37.2 Å². The van der Waals surface area contributed by atoms with E-state index in [9.17, 15) is 14.9 Å². The van der Waals surface area contributed by atoms with Crippen molar-refractivity contribution < 1.29 is 14.3 Å². The van der Waals surface area contributed by atoms with E-state index in [-0.39, 0.29) is 12.5 Å². The molecule has 2 amide bonds. The summed E-state index contributed by atoms with van der Waals surface area (Å²) in [6, 6.07) is 2.31. The summed E-state index contributed by atoms with van der Waals surface area (Å²) in [5.74, 6) is 0.640. The first-order valence-corrected chi connectivity index (χ1v) is 15.8. The highest BCUT2D eigenvalue weighted by Crippen LogP contribution is 2.29. The first-order chi connectivity index (χ1) is 19.4. The summed E-state index contributed by atoms with van der Waals surface area (Å²) >= 11 is 0. The zero-order chi connectivity index (χ0) is 28.4. The summed E-state index contributed by atoms with van der Waals surface area (Å²) in [4.78, 5) is 38.4. The number of carbonyl (C=O) groups is 2. The van der Waals surface area contributed by atoms with Crippen LogP contribution in [0.1, 0.15) is 90.4 Å². The molecule has 4 fully saturated rings. The van der Waals surface area contributed by atoms with Gasteiger partial charge in [-0.25, -0.2) is 9.79 Å². The number of likely N-dealkylation sites (tertiary alicyclic amines) is 3. The lowest BCUT2D eigenvalue weighted by atomic mass is 9.84. The Morgan fingerprint density at radius 3 is 2.25 bits per heavy atom. The third-order valence-electron chi connectivity index (χ3n) is 9.44. The minimum absolute atomic E-state index is 0.206. The van der Waals surface area contributed by atoms with Crippen LogP contribution >= 0.6 is 0 Å². The fraction of sp³-hybridized carbons (Fsp3) is 0.867. The van der Waals surface area contributed by atoms with Crippen molar-refractivity contribution >= 4 is 18.0 Å². The maximum absolute atomic E-state index is 13.9. The van der Waals surface area contributed by atoms with E-state index in [1.54, 1.807) is 6.92 Å². The second-order valence-corrected chi connectivity index (χ2v) is 12.4. The molecule has 3 saturated heterocycles. The van der Waals surface area contributed by atoms with Crippen molar-refractivity contribution in [3.05, 3.63) is 0 Å². The zero-order valence-electron chi connectivity index (χ0n) is 24.8. The van der Waals surface area contributed by atoms with E-state index in [0.717, 1.165) is 51.9 Å². The van der Waals surface area contributed by atoms with E-state index in [1.165, 1.54) is 51.6 Å². The molecule has 4 aliphatic rings. The number of carbonyl (C=O) groups excluding carboxylic acids is 2. The maximum Gasteiger partial charge on any atom is 0.413 e. The van der Waals surface area contributed by atoms with Crippen LogP contribution in [0.25, 0.3) is 0 Å². The fourth-order valence-corrected chi connectivity index (χ4v) is 6.87. The third-order valence-corrected chi connectivity index (χ3v) is 9.44. The van der Waals surface area contributed by atoms with Crippen molar-refractivity contribution in [3.63, 3.8) is 0 Å². The Morgan fingerprint density at radius 1 is 0.975 bits per heavy atom. The summed E-state index contributed by atoms with van der Waals surface area (Å²) in [5, 5.41) is 16.1. The van der Waals surface area contributed by atoms with Gasteiger partial charge in [0.25, 0.3) is 0 Å². The van der Waals surface area contributed by atoms with Gasteiger partial charge in [-0.15, -0.1) is 0 Å². The highest BCUT2D eigenvalue weighted by Gasteiger charge is 2.38. The van der Waals surface area contributed by atoms with Gasteiger partial charge >= 0.3 is 6.09 Å². The Bertz CT molecular complexity index is 891. The molecule has 2 N–H and O–H groups in total. The summed E-state index contributed by atoms with van der Waals surface area (Å²) in [7, 11) is 2.04. The molecule has 40 heavy (non-hydrogen) atoms. The normalized spacial score (nSPS) is 24.6. The number of alkyl carbamates (subject to hydrolysis) is 1. The number of ether oxygens (including phenoxy) is 1. The van der Waals surface area contributed by atoms with Gasteiger partial charge in [-0.05, 0) is 77.9 Å². The Kier molecular flexibility index (Phi) is 11.5. The third kappa shape index (κ3) is 8.56. The van der Waals surface area contributed by atoms with Gasteiger partial charge in [-0.3, -0.25) is 10.1 Å². The molecule has 3 aliphatic heterocycles. The van der Waals surface area contributed by atoms with Crippen molar-refractivity contribution in [2.24, 2.45) is 10.9 Å². The molecule has 10 heteroatoms. The van der Waals surface area contributed by atoms with E-state index >= 15 is 0 Å². The number of guanidine groups is 1. The average molecular weight is 558 g/mol. The van der Waals surface area contributed by atoms with Gasteiger partial charge in [-0.1, -0.05) is 38.5 Å². The van der Waals surface area contributed by atoms with Gasteiger partial charge in [0.2, 0.25) is 11.9 Å². The second kappa shape index (κ2) is 15.0. The molecular formula is C30H51N7O3. The van der Waals surface area contributed by atoms with E-state index < -0.39 is 17.7 Å². The number of nitrogens with one attached hydrogen (secondary N) is 2. The van der Waals surface area contributed by atoms with Crippen molar-refractivity contribution in [1.82, 2.24) is 25.3 Å². The zero-order valence-corrected chi connectivity index (χ0v) is 24.8. The Morgan fingerprint density at radius 2 is 1.62 bits per heavy atom. The van der Waals surface area contributed by atoms with Gasteiger partial charge in [-0.2, -0.15) is 5.26 Å². The molecule has 4 rings (SSSR count). The molecule has 10 nitrogen and oxygen atoms in total. The molecule has 3 heterocycles. The Labute approximate surface area is 240 Å². The number of amides is 2. The van der Waals surface area contributed by atoms with Gasteiger partial charge < -0.3 is 24.8 Å². The summed E-state index contributed by atoms with van der Waals surface area (Å²) < 4.78 is 5.22. The summed E-state index contributed by atoms with van der Waals surface area (Å²) in [5.41, 5.74) is -0.870. The molecular weight excluding hydrogens is 506 g/mol. The molecule has 1 saturated carbocycles. The molecule has 0 radical (unpaired) electrons. The Hall–Kier alpha value is -2.38. The topological polar surface area (TPSA) is 113 Å². The minimum Gasteiger partial charge on any atom is -0.450 e. The van der Waals surface area contributed by atoms with Crippen LogP contribution in [-0.4, -0.2) is 103 Å². The fourth-order valence-electron chi connectivity index (χ4n) is 6.87. The molecule has 0 aromatic heterocycles. The number of rotatable bonds is 7. The predicted octanol–water partition coefficient (Wildman–Crippen LogP) is 3.48. The van der Waals surface area contributed by atoms with Crippen LogP contribution in [0.3, 0.4) is 0 Å². The van der Waals surface area contributed by atoms with Crippen molar-refractivity contribution in [2.75, 3.05) is 52.9 Å². The maximum atomic E-state index is 13.9. The van der Waals surface area contributed by atoms with Gasteiger partial charge in [0.15, 0.2) is 0 Å². The lowest BCUT2D eigenvalue weighted by Crippen LogP contribution is -2.56. The lowest BCUT2D eigenvalue weighted by molar-refractivity contribution is -0.124. The highest BCUT2D eigenvalue weighted by atomic mass is 16.5. The number of aliphatic imine (C=N–C) groups is 1. The summed E-state index contributed by atoms with van der Waals surface area (Å²) in [6.07, 6.45) is 13.0. The molecule has 224 valence electrons. The predicted molar refractivity (Wildman–Crippen MR) is 156 cm³/mol. The first-order valence-electron chi connectivity index (χ1n) is 15.8. The van der Waals surface area contributed by atoms with Crippen molar-refractivity contribution in [1.29, 1.82) is 5.26 Å². The van der Waals surface area contributed by atoms with E-state index in [2.05, 4.69) is 31.4 Å². The van der Waals surface area contributed by atoms with Gasteiger partial charge in [0, 0.05) is 32.2 Å². The molecule has 0 bridgehead atoms. The van der Waals surface area contributed by atoms with Crippen LogP contribution in [0, 0.1) is 17.2 Å².